The number of aliphatic carboxylic acids is 1. The van der Waals surface area contributed by atoms with Crippen LogP contribution in [0.2, 0.25) is 18.1 Å². The van der Waals surface area contributed by atoms with Crippen LogP contribution in [0, 0.1) is 11.8 Å². The minimum absolute atomic E-state index is 0.000458. The van der Waals surface area contributed by atoms with Crippen molar-refractivity contribution in [3.63, 3.8) is 0 Å². The zero-order valence-electron chi connectivity index (χ0n) is 21.6. The summed E-state index contributed by atoms with van der Waals surface area (Å²) in [6.45, 7) is 16.2. The van der Waals surface area contributed by atoms with Crippen molar-refractivity contribution in [2.45, 2.75) is 123 Å². The highest BCUT2D eigenvalue weighted by atomic mass is 28.4. The molecule has 1 rings (SSSR count). The van der Waals surface area contributed by atoms with Gasteiger partial charge in [-0.1, -0.05) is 59.1 Å². The normalized spacial score (nSPS) is 20.9. The molecule has 1 aliphatic rings. The zero-order valence-corrected chi connectivity index (χ0v) is 22.6. The molecule has 0 fully saturated rings. The number of hydrogen-bond donors (Lipinski definition) is 2. The number of carboxylic acids is 1. The first-order valence-corrected chi connectivity index (χ1v) is 15.5. The lowest BCUT2D eigenvalue weighted by atomic mass is 9.88. The average Bonchev–Trinajstić information content (AvgIpc) is 3.04. The van der Waals surface area contributed by atoms with Crippen molar-refractivity contribution in [2.75, 3.05) is 0 Å². The van der Waals surface area contributed by atoms with Gasteiger partial charge in [0.05, 0.1) is 12.5 Å². The quantitative estimate of drug-likeness (QED) is 0.161. The number of unbranched alkanes of at least 4 members (excludes halogenated alkanes) is 1. The molecule has 32 heavy (non-hydrogen) atoms. The number of carbonyl (C=O) groups is 1. The van der Waals surface area contributed by atoms with Crippen LogP contribution in [0.5, 0.6) is 0 Å². The van der Waals surface area contributed by atoms with Crippen molar-refractivity contribution in [3.05, 3.63) is 29.5 Å². The first kappa shape index (κ1) is 28.9. The van der Waals surface area contributed by atoms with Crippen LogP contribution in [0.15, 0.2) is 29.5 Å². The van der Waals surface area contributed by atoms with Crippen molar-refractivity contribution in [1.82, 2.24) is 0 Å². The van der Waals surface area contributed by atoms with Gasteiger partial charge in [-0.2, -0.15) is 0 Å². The minimum atomic E-state index is -1.85. The molecule has 0 aromatic heterocycles. The van der Waals surface area contributed by atoms with E-state index in [2.05, 4.69) is 59.5 Å². The van der Waals surface area contributed by atoms with Gasteiger partial charge in [-0.25, -0.2) is 0 Å². The van der Waals surface area contributed by atoms with Gasteiger partial charge < -0.3 is 14.6 Å². The molecule has 0 aromatic rings. The number of rotatable bonds is 14. The fraction of sp³-hybridized carbons (Fsp3) is 0.778. The topological polar surface area (TPSA) is 66.8 Å². The van der Waals surface area contributed by atoms with Gasteiger partial charge in [-0.15, -0.1) is 5.73 Å². The van der Waals surface area contributed by atoms with Gasteiger partial charge in [0, 0.05) is 12.0 Å². The molecule has 0 aromatic carbocycles. The number of carboxylic acid groups (broad SMARTS) is 1. The molecule has 0 saturated carbocycles. The zero-order chi connectivity index (χ0) is 24.4. The van der Waals surface area contributed by atoms with Gasteiger partial charge in [0.2, 0.25) is 0 Å². The lowest BCUT2D eigenvalue weighted by molar-refractivity contribution is -0.136. The molecule has 1 aliphatic carbocycles. The summed E-state index contributed by atoms with van der Waals surface area (Å²) >= 11 is 0. The van der Waals surface area contributed by atoms with Crippen LogP contribution in [0.1, 0.15) is 92.4 Å². The highest BCUT2D eigenvalue weighted by Gasteiger charge is 2.40. The first-order valence-electron chi connectivity index (χ1n) is 12.5. The third-order valence-electron chi connectivity index (χ3n) is 7.31. The maximum atomic E-state index is 10.6. The molecular weight excluding hydrogens is 416 g/mol. The maximum absolute atomic E-state index is 10.6. The predicted molar refractivity (Wildman–Crippen MR) is 136 cm³/mol. The molecule has 184 valence electrons. The SMILES string of the molecule is CCCCC(C)C(CCC1=CC[C@H](O)[C@@H]1CCC=C=CCC(=O)O)O[Si](C)(C)C(C)(C)C. The Hall–Kier alpha value is -1.13. The van der Waals surface area contributed by atoms with E-state index in [1.807, 2.05) is 6.08 Å². The van der Waals surface area contributed by atoms with Crippen LogP contribution in [-0.4, -0.2) is 36.7 Å². The Morgan fingerprint density at radius 1 is 1.31 bits per heavy atom. The fourth-order valence-corrected chi connectivity index (χ4v) is 5.57. The predicted octanol–water partition coefficient (Wildman–Crippen LogP) is 7.26. The van der Waals surface area contributed by atoms with E-state index < -0.39 is 14.3 Å². The molecule has 0 bridgehead atoms. The smallest absolute Gasteiger partial charge is 0.307 e. The van der Waals surface area contributed by atoms with Crippen LogP contribution < -0.4 is 0 Å². The Labute approximate surface area is 198 Å². The standard InChI is InChI=1S/C27H48O4Si/c1-8-9-14-21(2)25(31-32(6,7)27(3,4)5)20-18-22-17-19-24(28)23(22)15-12-10-11-13-16-26(29)30/h10,13,17,21,23-25,28H,8-9,12,14-16,18-20H2,1-7H3,(H,29,30)/t11?,21?,23-,24+,25?/m1/s1. The van der Waals surface area contributed by atoms with Crippen molar-refractivity contribution < 1.29 is 19.4 Å². The molecule has 0 spiro atoms. The van der Waals surface area contributed by atoms with Crippen molar-refractivity contribution in [3.8, 4) is 0 Å². The van der Waals surface area contributed by atoms with Crippen molar-refractivity contribution in [2.24, 2.45) is 11.8 Å². The Morgan fingerprint density at radius 3 is 2.59 bits per heavy atom. The fourth-order valence-electron chi connectivity index (χ4n) is 4.11. The highest BCUT2D eigenvalue weighted by Crippen LogP contribution is 2.40. The Kier molecular flexibility index (Phi) is 12.2. The summed E-state index contributed by atoms with van der Waals surface area (Å²) in [4.78, 5) is 10.6. The van der Waals surface area contributed by atoms with Gasteiger partial charge in [0.15, 0.2) is 8.32 Å². The van der Waals surface area contributed by atoms with Gasteiger partial charge in [0.1, 0.15) is 0 Å². The van der Waals surface area contributed by atoms with E-state index in [-0.39, 0.29) is 29.6 Å². The third kappa shape index (κ3) is 9.78. The average molecular weight is 465 g/mol. The lowest BCUT2D eigenvalue weighted by Crippen LogP contribution is -2.45. The summed E-state index contributed by atoms with van der Waals surface area (Å²) in [5, 5.41) is 19.4. The highest BCUT2D eigenvalue weighted by molar-refractivity contribution is 6.74. The number of hydrogen-bond acceptors (Lipinski definition) is 3. The molecule has 4 atom stereocenters. The van der Waals surface area contributed by atoms with E-state index in [1.54, 1.807) is 6.08 Å². The Morgan fingerprint density at radius 2 is 2.00 bits per heavy atom. The van der Waals surface area contributed by atoms with E-state index in [0.717, 1.165) is 32.1 Å². The number of aliphatic hydroxyl groups excluding tert-OH is 1. The van der Waals surface area contributed by atoms with Gasteiger partial charge in [-0.3, -0.25) is 4.79 Å². The van der Waals surface area contributed by atoms with Crippen LogP contribution >= 0.6 is 0 Å². The molecule has 0 saturated heterocycles. The van der Waals surface area contributed by atoms with Gasteiger partial charge in [0.25, 0.3) is 0 Å². The second-order valence-electron chi connectivity index (χ2n) is 11.0. The van der Waals surface area contributed by atoms with Crippen LogP contribution in [0.25, 0.3) is 0 Å². The molecule has 0 radical (unpaired) electrons. The second kappa shape index (κ2) is 13.5. The van der Waals surface area contributed by atoms with Crippen LogP contribution in [0.3, 0.4) is 0 Å². The molecule has 2 N–H and O–H groups in total. The summed E-state index contributed by atoms with van der Waals surface area (Å²) in [6, 6.07) is 0. The second-order valence-corrected chi connectivity index (χ2v) is 15.8. The summed E-state index contributed by atoms with van der Waals surface area (Å²) in [7, 11) is -1.85. The Balaban J connectivity index is 2.76. The summed E-state index contributed by atoms with van der Waals surface area (Å²) in [6.07, 6.45) is 13.7. The van der Waals surface area contributed by atoms with E-state index in [1.165, 1.54) is 24.8 Å². The van der Waals surface area contributed by atoms with Crippen molar-refractivity contribution in [1.29, 1.82) is 0 Å². The van der Waals surface area contributed by atoms with Crippen molar-refractivity contribution >= 4 is 14.3 Å². The van der Waals surface area contributed by atoms with E-state index in [4.69, 9.17) is 9.53 Å². The van der Waals surface area contributed by atoms with Crippen LogP contribution in [-0.2, 0) is 9.22 Å². The molecule has 0 heterocycles. The first-order chi connectivity index (χ1) is 14.9. The van der Waals surface area contributed by atoms with E-state index in [0.29, 0.717) is 5.92 Å². The lowest BCUT2D eigenvalue weighted by Gasteiger charge is -2.41. The van der Waals surface area contributed by atoms with E-state index >= 15 is 0 Å². The van der Waals surface area contributed by atoms with E-state index in [9.17, 15) is 9.90 Å². The maximum Gasteiger partial charge on any atom is 0.307 e. The molecule has 2 unspecified atom stereocenters. The molecular formula is C27H48O4Si. The largest absolute Gasteiger partial charge is 0.481 e. The van der Waals surface area contributed by atoms with Crippen LogP contribution in [0.4, 0.5) is 0 Å². The minimum Gasteiger partial charge on any atom is -0.481 e. The molecule has 4 nitrogen and oxygen atoms in total. The summed E-state index contributed by atoms with van der Waals surface area (Å²) < 4.78 is 6.91. The van der Waals surface area contributed by atoms with Gasteiger partial charge in [-0.05, 0) is 74.7 Å². The summed E-state index contributed by atoms with van der Waals surface area (Å²) in [5.41, 5.74) is 4.32. The molecule has 0 amide bonds. The van der Waals surface area contributed by atoms with Gasteiger partial charge >= 0.3 is 5.97 Å². The monoisotopic (exact) mass is 464 g/mol. The summed E-state index contributed by atoms with van der Waals surface area (Å²) in [5.74, 6) is -0.117. The molecule has 0 aliphatic heterocycles. The molecule has 5 heteroatoms. The Bertz CT molecular complexity index is 668. The number of aliphatic hydroxyl groups is 1. The third-order valence-corrected chi connectivity index (χ3v) is 11.8.